The first-order valence-corrected chi connectivity index (χ1v) is 7.41. The molecular formula is C10H13ClN6O2S. The molecule has 0 saturated heterocycles. The van der Waals surface area contributed by atoms with Gasteiger partial charge in [0.15, 0.2) is 0 Å². The minimum atomic E-state index is -3.69. The fourth-order valence-electron chi connectivity index (χ4n) is 1.53. The third-order valence-corrected chi connectivity index (χ3v) is 4.66. The molecule has 0 radical (unpaired) electrons. The van der Waals surface area contributed by atoms with Crippen molar-refractivity contribution in [2.45, 2.75) is 11.4 Å². The van der Waals surface area contributed by atoms with E-state index in [4.69, 9.17) is 11.6 Å². The van der Waals surface area contributed by atoms with Crippen LogP contribution in [0.3, 0.4) is 0 Å². The van der Waals surface area contributed by atoms with Gasteiger partial charge in [-0.25, -0.2) is 18.4 Å². The molecule has 2 rings (SSSR count). The zero-order chi connectivity index (χ0) is 14.8. The number of pyridine rings is 1. The van der Waals surface area contributed by atoms with Crippen LogP contribution in [-0.4, -0.2) is 47.0 Å². The van der Waals surface area contributed by atoms with Gasteiger partial charge in [-0.2, -0.15) is 9.40 Å². The summed E-state index contributed by atoms with van der Waals surface area (Å²) in [5, 5.41) is 9.27. The molecular weight excluding hydrogens is 304 g/mol. The molecule has 2 aromatic rings. The molecule has 0 aromatic carbocycles. The Bertz CT molecular complexity index is 688. The predicted molar refractivity (Wildman–Crippen MR) is 73.8 cm³/mol. The van der Waals surface area contributed by atoms with E-state index in [9.17, 15) is 8.42 Å². The first-order valence-electron chi connectivity index (χ1n) is 5.59. The number of rotatable bonds is 5. The molecule has 20 heavy (non-hydrogen) atoms. The lowest BCUT2D eigenvalue weighted by molar-refractivity contribution is 0.457. The monoisotopic (exact) mass is 316 g/mol. The summed E-state index contributed by atoms with van der Waals surface area (Å²) < 4.78 is 25.8. The van der Waals surface area contributed by atoms with Gasteiger partial charge in [-0.3, -0.25) is 5.10 Å². The van der Waals surface area contributed by atoms with E-state index >= 15 is 0 Å². The molecule has 0 aliphatic heterocycles. The van der Waals surface area contributed by atoms with Gasteiger partial charge >= 0.3 is 0 Å². The average Bonchev–Trinajstić information content (AvgIpc) is 2.91. The number of aromatic amines is 1. The highest BCUT2D eigenvalue weighted by atomic mass is 35.5. The van der Waals surface area contributed by atoms with Crippen molar-refractivity contribution in [2.75, 3.05) is 19.4 Å². The normalized spacial score (nSPS) is 11.8. The summed E-state index contributed by atoms with van der Waals surface area (Å²) in [4.78, 5) is 7.86. The third kappa shape index (κ3) is 2.89. The van der Waals surface area contributed by atoms with Gasteiger partial charge in [-0.05, 0) is 6.07 Å². The van der Waals surface area contributed by atoms with Crippen LogP contribution in [0, 0.1) is 0 Å². The molecule has 0 amide bonds. The zero-order valence-corrected chi connectivity index (χ0v) is 12.4. The van der Waals surface area contributed by atoms with Crippen molar-refractivity contribution in [3.05, 3.63) is 29.4 Å². The minimum absolute atomic E-state index is 0.0171. The number of H-pyrrole nitrogens is 1. The van der Waals surface area contributed by atoms with Crippen molar-refractivity contribution < 1.29 is 8.42 Å². The highest BCUT2D eigenvalue weighted by Gasteiger charge is 2.23. The molecule has 0 saturated carbocycles. The Morgan fingerprint density at radius 1 is 1.45 bits per heavy atom. The van der Waals surface area contributed by atoms with Crippen LogP contribution >= 0.6 is 11.6 Å². The van der Waals surface area contributed by atoms with Crippen LogP contribution in [0.15, 0.2) is 23.5 Å². The molecule has 2 N–H and O–H groups in total. The third-order valence-electron chi connectivity index (χ3n) is 2.60. The van der Waals surface area contributed by atoms with Crippen LogP contribution in [0.5, 0.6) is 0 Å². The van der Waals surface area contributed by atoms with Gasteiger partial charge in [-0.15, -0.1) is 0 Å². The molecule has 10 heteroatoms. The fraction of sp³-hybridized carbons (Fsp3) is 0.300. The van der Waals surface area contributed by atoms with Gasteiger partial charge in [0.25, 0.3) is 0 Å². The summed E-state index contributed by atoms with van der Waals surface area (Å²) in [6, 6.07) is 1.35. The van der Waals surface area contributed by atoms with Gasteiger partial charge in [-0.1, -0.05) is 11.6 Å². The molecule has 0 spiro atoms. The quantitative estimate of drug-likeness (QED) is 0.842. The van der Waals surface area contributed by atoms with E-state index in [0.29, 0.717) is 11.6 Å². The Hall–Kier alpha value is -1.71. The van der Waals surface area contributed by atoms with E-state index in [0.717, 1.165) is 4.31 Å². The summed E-state index contributed by atoms with van der Waals surface area (Å²) in [7, 11) is -0.598. The van der Waals surface area contributed by atoms with Crippen LogP contribution in [-0.2, 0) is 16.6 Å². The number of halogens is 1. The molecule has 0 unspecified atom stereocenters. The fourth-order valence-corrected chi connectivity index (χ4v) is 2.96. The van der Waals surface area contributed by atoms with E-state index in [1.165, 1.54) is 25.6 Å². The maximum absolute atomic E-state index is 12.4. The second kappa shape index (κ2) is 5.73. The first kappa shape index (κ1) is 14.7. The van der Waals surface area contributed by atoms with Crippen LogP contribution in [0.2, 0.25) is 5.02 Å². The lowest BCUT2D eigenvalue weighted by Gasteiger charge is -2.16. The SMILES string of the molecule is CNc1ncc(S(=O)(=O)N(C)Cc2ncn[nH]2)cc1Cl. The number of hydrogen-bond acceptors (Lipinski definition) is 6. The van der Waals surface area contributed by atoms with Crippen molar-refractivity contribution in [1.29, 1.82) is 0 Å². The highest BCUT2D eigenvalue weighted by molar-refractivity contribution is 7.89. The molecule has 0 bridgehead atoms. The van der Waals surface area contributed by atoms with Gasteiger partial charge in [0.05, 0.1) is 11.6 Å². The zero-order valence-electron chi connectivity index (χ0n) is 10.8. The minimum Gasteiger partial charge on any atom is -0.372 e. The number of aromatic nitrogens is 4. The Labute approximate surface area is 121 Å². The second-order valence-electron chi connectivity index (χ2n) is 3.94. The van der Waals surface area contributed by atoms with Crippen molar-refractivity contribution in [3.63, 3.8) is 0 Å². The topological polar surface area (TPSA) is 104 Å². The summed E-state index contributed by atoms with van der Waals surface area (Å²) in [6.07, 6.45) is 2.57. The van der Waals surface area contributed by atoms with Crippen molar-refractivity contribution in [2.24, 2.45) is 0 Å². The lowest BCUT2D eigenvalue weighted by Crippen LogP contribution is -2.27. The number of anilines is 1. The Balaban J connectivity index is 2.27. The Morgan fingerprint density at radius 3 is 2.75 bits per heavy atom. The summed E-state index contributed by atoms with van der Waals surface area (Å²) in [5.41, 5.74) is 0. The standard InChI is InChI=1S/C10H13ClN6O2S/c1-12-10-8(11)3-7(4-13-10)20(18,19)17(2)5-9-14-6-15-16-9/h3-4,6H,5H2,1-2H3,(H,12,13)(H,14,15,16). The van der Waals surface area contributed by atoms with Crippen molar-refractivity contribution >= 4 is 27.4 Å². The molecule has 2 heterocycles. The maximum Gasteiger partial charge on any atom is 0.244 e. The molecule has 2 aromatic heterocycles. The van der Waals surface area contributed by atoms with Crippen LogP contribution in [0.4, 0.5) is 5.82 Å². The number of nitrogens with zero attached hydrogens (tertiary/aromatic N) is 4. The predicted octanol–water partition coefficient (Wildman–Crippen LogP) is 0.716. The summed E-state index contributed by atoms with van der Waals surface area (Å²) in [5.74, 6) is 0.866. The smallest absolute Gasteiger partial charge is 0.244 e. The Morgan fingerprint density at radius 2 is 2.20 bits per heavy atom. The molecule has 0 aliphatic rings. The van der Waals surface area contributed by atoms with E-state index in [1.807, 2.05) is 0 Å². The largest absolute Gasteiger partial charge is 0.372 e. The van der Waals surface area contributed by atoms with E-state index in [1.54, 1.807) is 7.05 Å². The molecule has 8 nitrogen and oxygen atoms in total. The summed E-state index contributed by atoms with van der Waals surface area (Å²) in [6.45, 7) is 0.0771. The number of nitrogens with one attached hydrogen (secondary N) is 2. The van der Waals surface area contributed by atoms with Crippen LogP contribution < -0.4 is 5.32 Å². The van der Waals surface area contributed by atoms with E-state index in [-0.39, 0.29) is 16.5 Å². The lowest BCUT2D eigenvalue weighted by atomic mass is 10.4. The maximum atomic E-state index is 12.4. The van der Waals surface area contributed by atoms with Gasteiger partial charge in [0, 0.05) is 20.3 Å². The van der Waals surface area contributed by atoms with E-state index < -0.39 is 10.0 Å². The average molecular weight is 317 g/mol. The second-order valence-corrected chi connectivity index (χ2v) is 6.40. The summed E-state index contributed by atoms with van der Waals surface area (Å²) >= 11 is 5.95. The molecule has 0 atom stereocenters. The Kier molecular flexibility index (Phi) is 4.21. The van der Waals surface area contributed by atoms with Crippen molar-refractivity contribution in [1.82, 2.24) is 24.5 Å². The van der Waals surface area contributed by atoms with Gasteiger partial charge in [0.1, 0.15) is 22.9 Å². The first-order chi connectivity index (χ1) is 9.45. The van der Waals surface area contributed by atoms with E-state index in [2.05, 4.69) is 25.5 Å². The van der Waals surface area contributed by atoms with Crippen LogP contribution in [0.25, 0.3) is 0 Å². The van der Waals surface area contributed by atoms with Gasteiger partial charge < -0.3 is 5.32 Å². The highest BCUT2D eigenvalue weighted by Crippen LogP contribution is 2.24. The number of sulfonamides is 1. The number of hydrogen-bond donors (Lipinski definition) is 2. The molecule has 108 valence electrons. The van der Waals surface area contributed by atoms with Gasteiger partial charge in [0.2, 0.25) is 10.0 Å². The molecule has 0 aliphatic carbocycles. The van der Waals surface area contributed by atoms with Crippen molar-refractivity contribution in [3.8, 4) is 0 Å². The van der Waals surface area contributed by atoms with Crippen LogP contribution in [0.1, 0.15) is 5.82 Å². The molecule has 0 fully saturated rings.